The van der Waals surface area contributed by atoms with E-state index < -0.39 is 0 Å². The third kappa shape index (κ3) is 3.35. The molecule has 0 saturated heterocycles. The Balaban J connectivity index is 0.00000162. The van der Waals surface area contributed by atoms with Crippen LogP contribution in [0.4, 0.5) is 11.4 Å². The number of para-hydroxylation sites is 1. The zero-order chi connectivity index (χ0) is 12.1. The van der Waals surface area contributed by atoms with E-state index in [9.17, 15) is 4.79 Å². The predicted octanol–water partition coefficient (Wildman–Crippen LogP) is 3.85. The number of hydrogen-bond donors (Lipinski definition) is 1. The van der Waals surface area contributed by atoms with Crippen molar-refractivity contribution in [3.63, 3.8) is 0 Å². The molecule has 0 amide bonds. The zero-order valence-electron chi connectivity index (χ0n) is 9.51. The van der Waals surface area contributed by atoms with Crippen molar-refractivity contribution < 1.29 is 9.53 Å². The van der Waals surface area contributed by atoms with Gasteiger partial charge in [0.25, 0.3) is 0 Å². The Bertz CT molecular complexity index is 492. The highest BCUT2D eigenvalue weighted by molar-refractivity contribution is 5.89. The van der Waals surface area contributed by atoms with Gasteiger partial charge in [0, 0.05) is 11.4 Å². The molecule has 3 heteroatoms. The molecule has 0 radical (unpaired) electrons. The van der Waals surface area contributed by atoms with Gasteiger partial charge in [-0.15, -0.1) is 0 Å². The van der Waals surface area contributed by atoms with Crippen LogP contribution in [-0.2, 0) is 4.74 Å². The number of benzene rings is 2. The minimum atomic E-state index is -0.323. The third-order valence-electron chi connectivity index (χ3n) is 2.37. The second-order valence-electron chi connectivity index (χ2n) is 3.56. The van der Waals surface area contributed by atoms with Crippen molar-refractivity contribution >= 4 is 17.3 Å². The maximum absolute atomic E-state index is 11.2. The van der Waals surface area contributed by atoms with Gasteiger partial charge in [0.15, 0.2) is 0 Å². The van der Waals surface area contributed by atoms with Crippen LogP contribution in [-0.4, -0.2) is 13.1 Å². The van der Waals surface area contributed by atoms with Gasteiger partial charge in [0.1, 0.15) is 0 Å². The molecule has 0 aliphatic carbocycles. The van der Waals surface area contributed by atoms with Gasteiger partial charge in [-0.1, -0.05) is 25.6 Å². The van der Waals surface area contributed by atoms with Gasteiger partial charge in [0.2, 0.25) is 0 Å². The summed E-state index contributed by atoms with van der Waals surface area (Å²) in [6.45, 7) is 0. The summed E-state index contributed by atoms with van der Waals surface area (Å²) < 4.78 is 4.64. The van der Waals surface area contributed by atoms with Crippen LogP contribution in [0.3, 0.4) is 0 Å². The maximum Gasteiger partial charge on any atom is 0.337 e. The number of ether oxygens (including phenoxy) is 1. The van der Waals surface area contributed by atoms with Crippen LogP contribution >= 0.6 is 0 Å². The molecule has 0 heterocycles. The molecule has 94 valence electrons. The van der Waals surface area contributed by atoms with Gasteiger partial charge in [-0.2, -0.15) is 0 Å². The van der Waals surface area contributed by atoms with Gasteiger partial charge in [-0.05, 0) is 36.4 Å². The first-order chi connectivity index (χ1) is 8.29. The monoisotopic (exact) mass is 243 g/mol. The number of carbonyl (C=O) groups excluding carboxylic acids is 1. The number of anilines is 2. The maximum atomic E-state index is 11.2. The number of esters is 1. The second-order valence-corrected chi connectivity index (χ2v) is 3.56. The largest absolute Gasteiger partial charge is 0.465 e. The first-order valence-electron chi connectivity index (χ1n) is 5.30. The molecule has 0 atom stereocenters. The predicted molar refractivity (Wildman–Crippen MR) is 74.2 cm³/mol. The standard InChI is InChI=1S/C14H13NO2.CH4/c1-17-14(16)11-7-9-13(10-8-11)15-12-5-3-2-4-6-12;/h2-10,15H,1H3;1H4. The summed E-state index contributed by atoms with van der Waals surface area (Å²) in [7, 11) is 1.37. The average molecular weight is 243 g/mol. The van der Waals surface area contributed by atoms with E-state index in [-0.39, 0.29) is 13.4 Å². The molecule has 0 spiro atoms. The summed E-state index contributed by atoms with van der Waals surface area (Å²) in [5.74, 6) is -0.323. The molecule has 2 aromatic carbocycles. The quantitative estimate of drug-likeness (QED) is 0.832. The molecular formula is C15H17NO2. The second kappa shape index (κ2) is 6.45. The van der Waals surface area contributed by atoms with Gasteiger partial charge < -0.3 is 10.1 Å². The van der Waals surface area contributed by atoms with Crippen molar-refractivity contribution in [3.8, 4) is 0 Å². The van der Waals surface area contributed by atoms with Crippen LogP contribution in [0.25, 0.3) is 0 Å². The molecule has 2 aromatic rings. The van der Waals surface area contributed by atoms with Gasteiger partial charge in [-0.3, -0.25) is 0 Å². The van der Waals surface area contributed by atoms with Gasteiger partial charge in [-0.25, -0.2) is 4.79 Å². The van der Waals surface area contributed by atoms with Crippen molar-refractivity contribution in [2.24, 2.45) is 0 Å². The van der Waals surface area contributed by atoms with Crippen LogP contribution < -0.4 is 5.32 Å². The molecule has 0 unspecified atom stereocenters. The molecule has 1 N–H and O–H groups in total. The van der Waals surface area contributed by atoms with E-state index in [1.807, 2.05) is 42.5 Å². The summed E-state index contributed by atoms with van der Waals surface area (Å²) in [6, 6.07) is 17.0. The van der Waals surface area contributed by atoms with E-state index in [0.717, 1.165) is 11.4 Å². The minimum absolute atomic E-state index is 0. The number of carbonyl (C=O) groups is 1. The summed E-state index contributed by atoms with van der Waals surface area (Å²) in [5, 5.41) is 3.24. The van der Waals surface area contributed by atoms with E-state index in [2.05, 4.69) is 10.1 Å². The lowest BCUT2D eigenvalue weighted by molar-refractivity contribution is 0.0601. The fraction of sp³-hybridized carbons (Fsp3) is 0.133. The molecule has 0 aliphatic heterocycles. The van der Waals surface area contributed by atoms with Crippen molar-refractivity contribution in [2.75, 3.05) is 12.4 Å². The van der Waals surface area contributed by atoms with E-state index in [4.69, 9.17) is 0 Å². The number of nitrogens with one attached hydrogen (secondary N) is 1. The highest BCUT2D eigenvalue weighted by Gasteiger charge is 2.03. The van der Waals surface area contributed by atoms with E-state index in [1.165, 1.54) is 7.11 Å². The highest BCUT2D eigenvalue weighted by Crippen LogP contribution is 2.16. The summed E-state index contributed by atoms with van der Waals surface area (Å²) in [4.78, 5) is 11.2. The molecule has 3 nitrogen and oxygen atoms in total. The average Bonchev–Trinajstić information content (AvgIpc) is 2.40. The van der Waals surface area contributed by atoms with Crippen molar-refractivity contribution in [1.82, 2.24) is 0 Å². The molecule has 18 heavy (non-hydrogen) atoms. The molecule has 0 aromatic heterocycles. The summed E-state index contributed by atoms with van der Waals surface area (Å²) in [5.41, 5.74) is 2.49. The SMILES string of the molecule is C.COC(=O)c1ccc(Nc2ccccc2)cc1. The third-order valence-corrected chi connectivity index (χ3v) is 2.37. The van der Waals surface area contributed by atoms with E-state index >= 15 is 0 Å². The van der Waals surface area contributed by atoms with Crippen molar-refractivity contribution in [2.45, 2.75) is 7.43 Å². The number of rotatable bonds is 3. The lowest BCUT2D eigenvalue weighted by Crippen LogP contribution is -2.00. The Labute approximate surface area is 107 Å². The fourth-order valence-corrected chi connectivity index (χ4v) is 1.50. The Hall–Kier alpha value is -2.29. The van der Waals surface area contributed by atoms with Gasteiger partial charge in [0.05, 0.1) is 12.7 Å². The summed E-state index contributed by atoms with van der Waals surface area (Å²) in [6.07, 6.45) is 0. The highest BCUT2D eigenvalue weighted by atomic mass is 16.5. The smallest absolute Gasteiger partial charge is 0.337 e. The Morgan fingerprint density at radius 2 is 1.50 bits per heavy atom. The van der Waals surface area contributed by atoms with Crippen LogP contribution in [0.5, 0.6) is 0 Å². The van der Waals surface area contributed by atoms with Crippen molar-refractivity contribution in [3.05, 3.63) is 60.2 Å². The minimum Gasteiger partial charge on any atom is -0.465 e. The Kier molecular flexibility index (Phi) is 4.93. The molecule has 0 aliphatic rings. The Morgan fingerprint density at radius 1 is 0.944 bits per heavy atom. The number of hydrogen-bond acceptors (Lipinski definition) is 3. The lowest BCUT2D eigenvalue weighted by atomic mass is 10.2. The molecule has 0 bridgehead atoms. The van der Waals surface area contributed by atoms with Crippen molar-refractivity contribution in [1.29, 1.82) is 0 Å². The fourth-order valence-electron chi connectivity index (χ4n) is 1.50. The number of methoxy groups -OCH3 is 1. The first kappa shape index (κ1) is 13.8. The molecule has 0 saturated carbocycles. The molecular weight excluding hydrogens is 226 g/mol. The Morgan fingerprint density at radius 3 is 2.06 bits per heavy atom. The van der Waals surface area contributed by atoms with Crippen LogP contribution in [0.15, 0.2) is 54.6 Å². The lowest BCUT2D eigenvalue weighted by Gasteiger charge is -2.06. The normalized spacial score (nSPS) is 9.17. The van der Waals surface area contributed by atoms with Gasteiger partial charge >= 0.3 is 5.97 Å². The van der Waals surface area contributed by atoms with Crippen LogP contribution in [0.2, 0.25) is 0 Å². The molecule has 2 rings (SSSR count). The zero-order valence-corrected chi connectivity index (χ0v) is 9.51. The van der Waals surface area contributed by atoms with E-state index in [0.29, 0.717) is 5.56 Å². The van der Waals surface area contributed by atoms with E-state index in [1.54, 1.807) is 12.1 Å². The first-order valence-corrected chi connectivity index (χ1v) is 5.30. The topological polar surface area (TPSA) is 38.3 Å². The molecule has 0 fully saturated rings. The van der Waals surface area contributed by atoms with Crippen LogP contribution in [0.1, 0.15) is 17.8 Å². The van der Waals surface area contributed by atoms with Crippen LogP contribution in [0, 0.1) is 0 Å². The summed E-state index contributed by atoms with van der Waals surface area (Å²) >= 11 is 0.